The molecule has 0 atom stereocenters. The third-order valence-electron chi connectivity index (χ3n) is 14.7. The lowest BCUT2D eigenvalue weighted by Crippen LogP contribution is -2.61. The molecule has 1 nitrogen and oxygen atoms in total. The van der Waals surface area contributed by atoms with Crippen molar-refractivity contribution >= 4 is 89.4 Å². The monoisotopic (exact) mass is 851 g/mol. The summed E-state index contributed by atoms with van der Waals surface area (Å²) in [5, 5.41) is 8.45. The van der Waals surface area contributed by atoms with Gasteiger partial charge in [0.25, 0.3) is 0 Å². The smallest absolute Gasteiger partial charge is 0.243 e. The molecule has 0 saturated heterocycles. The molecule has 66 heavy (non-hydrogen) atoms. The van der Waals surface area contributed by atoms with Crippen molar-refractivity contribution in [3.8, 4) is 11.3 Å². The Balaban J connectivity index is 1.48. The van der Waals surface area contributed by atoms with Gasteiger partial charge in [0.15, 0.2) is 0 Å². The number of pyridine rings is 1. The molecule has 0 amide bonds. The van der Waals surface area contributed by atoms with Crippen LogP contribution in [0.4, 0.5) is 0 Å². The summed E-state index contributed by atoms with van der Waals surface area (Å²) in [5.41, 5.74) is 27.0. The van der Waals surface area contributed by atoms with Gasteiger partial charge >= 0.3 is 0 Å². The molecule has 9 aromatic carbocycles. The minimum Gasteiger partial charge on any atom is -0.247 e. The van der Waals surface area contributed by atoms with E-state index in [1.54, 1.807) is 0 Å². The van der Waals surface area contributed by atoms with Gasteiger partial charge in [-0.15, -0.1) is 0 Å². The summed E-state index contributed by atoms with van der Waals surface area (Å²) in [6, 6.07) is 53.4. The lowest BCUT2D eigenvalue weighted by molar-refractivity contribution is 1.34. The summed E-state index contributed by atoms with van der Waals surface area (Å²) in [5.74, 6) is 0. The van der Waals surface area contributed by atoms with Crippen LogP contribution >= 0.6 is 0 Å². The number of aryl methyl sites for hydroxylation is 12. The standard InChI is InChI=1S/C63H59B2N/c1-36-28-40(5)58(41(6)29-36)64(59-42(7)30-37(2)31-43(59)8)54-22-17-23-55(65(60-44(9)32-38(3)33-45(60)10)61-46(11)34-39(4)35-47(61)12)57(54)63-53-27-24-48-18-13-15-20-50(48)56(53)52-26-25-49-19-14-16-21-51(49)62(52)66-63/h13-35H,1-12H3. The van der Waals surface area contributed by atoms with Gasteiger partial charge in [0.05, 0.1) is 11.2 Å². The normalized spacial score (nSPS) is 11.6. The molecule has 0 radical (unpaired) electrons. The van der Waals surface area contributed by atoms with Crippen molar-refractivity contribution in [2.75, 3.05) is 0 Å². The molecule has 0 fully saturated rings. The Morgan fingerprint density at radius 3 is 1.08 bits per heavy atom. The quantitative estimate of drug-likeness (QED) is 0.115. The van der Waals surface area contributed by atoms with Crippen LogP contribution in [0.3, 0.4) is 0 Å². The third kappa shape index (κ3) is 7.16. The zero-order valence-corrected chi connectivity index (χ0v) is 40.9. The van der Waals surface area contributed by atoms with E-state index in [9.17, 15) is 0 Å². The molecule has 10 rings (SSSR count). The zero-order chi connectivity index (χ0) is 46.3. The van der Waals surface area contributed by atoms with Gasteiger partial charge in [-0.2, -0.15) is 0 Å². The predicted octanol–water partition coefficient (Wildman–Crippen LogP) is 12.1. The van der Waals surface area contributed by atoms with E-state index in [0.29, 0.717) is 0 Å². The Labute approximate surface area is 393 Å². The van der Waals surface area contributed by atoms with Gasteiger partial charge in [0, 0.05) is 21.5 Å². The molecule has 1 aromatic heterocycles. The molecular weight excluding hydrogens is 792 g/mol. The average Bonchev–Trinajstić information content (AvgIpc) is 3.26. The van der Waals surface area contributed by atoms with E-state index in [1.807, 2.05) is 0 Å². The molecule has 0 aliphatic heterocycles. The third-order valence-corrected chi connectivity index (χ3v) is 14.7. The molecule has 0 N–H and O–H groups in total. The molecule has 0 saturated carbocycles. The van der Waals surface area contributed by atoms with Gasteiger partial charge in [0.2, 0.25) is 13.4 Å². The fourth-order valence-corrected chi connectivity index (χ4v) is 12.5. The second-order valence-electron chi connectivity index (χ2n) is 19.8. The van der Waals surface area contributed by atoms with Gasteiger partial charge in [-0.1, -0.05) is 239 Å². The Kier molecular flexibility index (Phi) is 10.9. The van der Waals surface area contributed by atoms with Crippen LogP contribution in [0.2, 0.25) is 0 Å². The number of fused-ring (bicyclic) bond motifs is 7. The molecule has 0 aliphatic rings. The molecule has 3 heteroatoms. The van der Waals surface area contributed by atoms with E-state index in [0.717, 1.165) is 11.2 Å². The van der Waals surface area contributed by atoms with Crippen molar-refractivity contribution in [3.05, 3.63) is 206 Å². The fraction of sp³-hybridized carbons (Fsp3) is 0.190. The molecule has 1 heterocycles. The lowest BCUT2D eigenvalue weighted by atomic mass is 9.30. The number of hydrogen-bond acceptors (Lipinski definition) is 1. The number of nitrogens with zero attached hydrogens (tertiary/aromatic N) is 1. The second-order valence-corrected chi connectivity index (χ2v) is 19.8. The number of aromatic nitrogens is 1. The molecule has 322 valence electrons. The highest BCUT2D eigenvalue weighted by molar-refractivity contribution is 7.00. The SMILES string of the molecule is Cc1cc(C)c(B(c2cccc(B(c3c(C)cc(C)cc3C)c3c(C)cc(C)cc3C)c2-c2nc3c4ccccc4ccc3c3c2ccc2ccccc23)c2c(C)cc(C)cc2C)c(C)c1. The molecular formula is C63H59B2N. The zero-order valence-electron chi connectivity index (χ0n) is 40.9. The van der Waals surface area contributed by atoms with Crippen LogP contribution in [0, 0.1) is 83.1 Å². The van der Waals surface area contributed by atoms with Gasteiger partial charge in [-0.05, 0) is 105 Å². The minimum atomic E-state index is -0.0808. The van der Waals surface area contributed by atoms with Gasteiger partial charge in [-0.25, -0.2) is 4.98 Å². The van der Waals surface area contributed by atoms with Crippen LogP contribution in [-0.2, 0) is 0 Å². The Morgan fingerprint density at radius 2 is 0.667 bits per heavy atom. The van der Waals surface area contributed by atoms with Gasteiger partial charge < -0.3 is 0 Å². The van der Waals surface area contributed by atoms with Crippen LogP contribution < -0.4 is 32.8 Å². The first-order valence-electron chi connectivity index (χ1n) is 23.8. The van der Waals surface area contributed by atoms with E-state index < -0.39 is 0 Å². The Hall–Kier alpha value is -6.70. The highest BCUT2D eigenvalue weighted by Crippen LogP contribution is 2.39. The van der Waals surface area contributed by atoms with Crippen LogP contribution in [0.15, 0.2) is 140 Å². The maximum absolute atomic E-state index is 6.11. The topological polar surface area (TPSA) is 12.9 Å². The summed E-state index contributed by atoms with van der Waals surface area (Å²) in [7, 11) is 0. The average molecular weight is 852 g/mol. The van der Waals surface area contributed by atoms with E-state index in [1.165, 1.54) is 143 Å². The summed E-state index contributed by atoms with van der Waals surface area (Å²) >= 11 is 0. The maximum Gasteiger partial charge on any atom is 0.243 e. The van der Waals surface area contributed by atoms with Gasteiger partial charge in [0.1, 0.15) is 0 Å². The van der Waals surface area contributed by atoms with Crippen LogP contribution in [0.5, 0.6) is 0 Å². The molecule has 0 spiro atoms. The van der Waals surface area contributed by atoms with Crippen LogP contribution in [0.1, 0.15) is 66.8 Å². The Bertz CT molecular complexity index is 3290. The van der Waals surface area contributed by atoms with Crippen LogP contribution in [-0.4, -0.2) is 18.4 Å². The van der Waals surface area contributed by atoms with E-state index in [2.05, 4.69) is 223 Å². The van der Waals surface area contributed by atoms with E-state index in [-0.39, 0.29) is 13.4 Å². The summed E-state index contributed by atoms with van der Waals surface area (Å²) in [4.78, 5) is 6.11. The lowest BCUT2D eigenvalue weighted by Gasteiger charge is -2.31. The minimum absolute atomic E-state index is 0.0808. The summed E-state index contributed by atoms with van der Waals surface area (Å²) < 4.78 is 0. The second kappa shape index (κ2) is 16.6. The molecule has 0 aliphatic carbocycles. The highest BCUT2D eigenvalue weighted by atomic mass is 14.7. The Morgan fingerprint density at radius 1 is 0.318 bits per heavy atom. The number of hydrogen-bond donors (Lipinski definition) is 0. The molecule has 10 aromatic rings. The van der Waals surface area contributed by atoms with Crippen LogP contribution in [0.25, 0.3) is 54.5 Å². The van der Waals surface area contributed by atoms with Crippen molar-refractivity contribution in [1.82, 2.24) is 4.98 Å². The van der Waals surface area contributed by atoms with Crippen molar-refractivity contribution in [2.45, 2.75) is 83.1 Å². The molecule has 0 unspecified atom stereocenters. The largest absolute Gasteiger partial charge is 0.247 e. The summed E-state index contributed by atoms with van der Waals surface area (Å²) in [6.07, 6.45) is 0. The maximum atomic E-state index is 6.11. The first-order chi connectivity index (χ1) is 31.7. The van der Waals surface area contributed by atoms with Crippen molar-refractivity contribution in [1.29, 1.82) is 0 Å². The van der Waals surface area contributed by atoms with E-state index in [4.69, 9.17) is 4.98 Å². The summed E-state index contributed by atoms with van der Waals surface area (Å²) in [6.45, 7) is 27.4. The van der Waals surface area contributed by atoms with Crippen molar-refractivity contribution in [2.24, 2.45) is 0 Å². The first-order valence-corrected chi connectivity index (χ1v) is 23.8. The predicted molar refractivity (Wildman–Crippen MR) is 292 cm³/mol. The fourth-order valence-electron chi connectivity index (χ4n) is 12.5. The number of benzene rings is 9. The number of rotatable bonds is 7. The first kappa shape index (κ1) is 43.2. The highest BCUT2D eigenvalue weighted by Gasteiger charge is 2.37. The molecule has 0 bridgehead atoms. The van der Waals surface area contributed by atoms with Crippen molar-refractivity contribution < 1.29 is 0 Å². The van der Waals surface area contributed by atoms with Crippen molar-refractivity contribution in [3.63, 3.8) is 0 Å². The van der Waals surface area contributed by atoms with E-state index >= 15 is 0 Å². The van der Waals surface area contributed by atoms with Gasteiger partial charge in [-0.3, -0.25) is 0 Å².